The Morgan fingerprint density at radius 2 is 2.12 bits per heavy atom. The third-order valence-corrected chi connectivity index (χ3v) is 2.50. The molecule has 16 heavy (non-hydrogen) atoms. The van der Waals surface area contributed by atoms with Gasteiger partial charge < -0.3 is 15.6 Å². The Kier molecular flexibility index (Phi) is 3.49. The van der Waals surface area contributed by atoms with Crippen LogP contribution in [0.1, 0.15) is 22.7 Å². The predicted octanol–water partition coefficient (Wildman–Crippen LogP) is 1.54. The molecule has 0 aliphatic heterocycles. The van der Waals surface area contributed by atoms with Gasteiger partial charge >= 0.3 is 5.97 Å². The summed E-state index contributed by atoms with van der Waals surface area (Å²) in [5.41, 5.74) is 6.60. The molecule has 0 saturated heterocycles. The lowest BCUT2D eigenvalue weighted by atomic mass is 9.98. The SMILES string of the molecule is COc1c(C)c(C(N)C(=O)O)cc(C)c1F. The maximum atomic E-state index is 13.6. The fourth-order valence-electron chi connectivity index (χ4n) is 1.58. The van der Waals surface area contributed by atoms with Gasteiger partial charge in [0.2, 0.25) is 0 Å². The van der Waals surface area contributed by atoms with Crippen molar-refractivity contribution < 1.29 is 19.0 Å². The summed E-state index contributed by atoms with van der Waals surface area (Å²) in [6, 6.07) is 0.264. The zero-order chi connectivity index (χ0) is 12.5. The van der Waals surface area contributed by atoms with Gasteiger partial charge in [-0.25, -0.2) is 4.39 Å². The zero-order valence-electron chi connectivity index (χ0n) is 9.37. The number of aryl methyl sites for hydroxylation is 1. The second-order valence-electron chi connectivity index (χ2n) is 3.57. The number of carboxylic acids is 1. The molecule has 0 spiro atoms. The molecule has 88 valence electrons. The van der Waals surface area contributed by atoms with Crippen molar-refractivity contribution >= 4 is 5.97 Å². The molecule has 4 nitrogen and oxygen atoms in total. The lowest BCUT2D eigenvalue weighted by Crippen LogP contribution is -2.22. The fraction of sp³-hybridized carbons (Fsp3) is 0.364. The molecule has 0 heterocycles. The van der Waals surface area contributed by atoms with Gasteiger partial charge in [-0.1, -0.05) is 6.07 Å². The maximum absolute atomic E-state index is 13.6. The van der Waals surface area contributed by atoms with Crippen LogP contribution >= 0.6 is 0 Å². The number of carboxylic acid groups (broad SMARTS) is 1. The van der Waals surface area contributed by atoms with E-state index in [1.54, 1.807) is 6.92 Å². The number of ether oxygens (including phenoxy) is 1. The van der Waals surface area contributed by atoms with E-state index in [9.17, 15) is 9.18 Å². The summed E-state index contributed by atoms with van der Waals surface area (Å²) < 4.78 is 18.5. The van der Waals surface area contributed by atoms with Gasteiger partial charge in [-0.3, -0.25) is 4.79 Å². The van der Waals surface area contributed by atoms with Gasteiger partial charge in [0.15, 0.2) is 11.6 Å². The van der Waals surface area contributed by atoms with E-state index in [1.807, 2.05) is 0 Å². The molecule has 0 aromatic heterocycles. The van der Waals surface area contributed by atoms with Gasteiger partial charge in [-0.15, -0.1) is 0 Å². The number of nitrogens with two attached hydrogens (primary N) is 1. The van der Waals surface area contributed by atoms with Gasteiger partial charge in [0.05, 0.1) is 7.11 Å². The Morgan fingerprint density at radius 1 is 1.56 bits per heavy atom. The first-order valence-corrected chi connectivity index (χ1v) is 4.72. The minimum atomic E-state index is -1.17. The standard InChI is InChI=1S/C11H14FNO3/c1-5-4-7(9(13)11(14)15)6(2)10(16-3)8(5)12/h4,9H,13H2,1-3H3,(H,14,15). The molecule has 0 aliphatic carbocycles. The molecule has 5 heteroatoms. The molecule has 1 unspecified atom stereocenters. The largest absolute Gasteiger partial charge is 0.493 e. The van der Waals surface area contributed by atoms with Gasteiger partial charge in [0.1, 0.15) is 6.04 Å². The normalized spacial score (nSPS) is 12.3. The van der Waals surface area contributed by atoms with E-state index in [2.05, 4.69) is 0 Å². The van der Waals surface area contributed by atoms with E-state index in [1.165, 1.54) is 20.1 Å². The number of methoxy groups -OCH3 is 1. The van der Waals surface area contributed by atoms with E-state index in [-0.39, 0.29) is 5.75 Å². The number of hydrogen-bond donors (Lipinski definition) is 2. The van der Waals surface area contributed by atoms with Crippen molar-refractivity contribution in [1.29, 1.82) is 0 Å². The highest BCUT2D eigenvalue weighted by Gasteiger charge is 2.22. The molecule has 1 aromatic carbocycles. The molecule has 0 bridgehead atoms. The van der Waals surface area contributed by atoms with Crippen molar-refractivity contribution in [2.24, 2.45) is 5.73 Å². The first kappa shape index (κ1) is 12.4. The molecule has 1 rings (SSSR count). The van der Waals surface area contributed by atoms with Crippen molar-refractivity contribution in [3.63, 3.8) is 0 Å². The highest BCUT2D eigenvalue weighted by molar-refractivity contribution is 5.76. The van der Waals surface area contributed by atoms with Crippen molar-refractivity contribution in [1.82, 2.24) is 0 Å². The van der Waals surface area contributed by atoms with Crippen molar-refractivity contribution in [3.8, 4) is 5.75 Å². The van der Waals surface area contributed by atoms with Crippen molar-refractivity contribution in [2.45, 2.75) is 19.9 Å². The summed E-state index contributed by atoms with van der Waals surface area (Å²) >= 11 is 0. The molecular weight excluding hydrogens is 213 g/mol. The number of hydrogen-bond acceptors (Lipinski definition) is 3. The topological polar surface area (TPSA) is 72.5 Å². The average molecular weight is 227 g/mol. The van der Waals surface area contributed by atoms with E-state index in [4.69, 9.17) is 15.6 Å². The van der Waals surface area contributed by atoms with Gasteiger partial charge in [-0.2, -0.15) is 0 Å². The third kappa shape index (κ3) is 1.99. The Labute approximate surface area is 92.8 Å². The van der Waals surface area contributed by atoms with Gasteiger partial charge in [0, 0.05) is 0 Å². The summed E-state index contributed by atoms with van der Waals surface area (Å²) in [4.78, 5) is 10.8. The minimum absolute atomic E-state index is 0.0479. The van der Waals surface area contributed by atoms with Crippen LogP contribution in [0.2, 0.25) is 0 Å². The van der Waals surface area contributed by atoms with E-state index < -0.39 is 17.8 Å². The molecule has 0 fully saturated rings. The first-order chi connectivity index (χ1) is 7.40. The average Bonchev–Trinajstić information content (AvgIpc) is 2.23. The van der Waals surface area contributed by atoms with Crippen molar-refractivity contribution in [2.75, 3.05) is 7.11 Å². The Bertz CT molecular complexity index is 432. The Morgan fingerprint density at radius 3 is 2.56 bits per heavy atom. The lowest BCUT2D eigenvalue weighted by Gasteiger charge is -2.16. The zero-order valence-corrected chi connectivity index (χ0v) is 9.37. The van der Waals surface area contributed by atoms with Crippen LogP contribution in [0.5, 0.6) is 5.75 Å². The quantitative estimate of drug-likeness (QED) is 0.821. The highest BCUT2D eigenvalue weighted by Crippen LogP contribution is 2.30. The summed E-state index contributed by atoms with van der Waals surface area (Å²) in [5.74, 6) is -1.59. The highest BCUT2D eigenvalue weighted by atomic mass is 19.1. The summed E-state index contributed by atoms with van der Waals surface area (Å²) in [6.45, 7) is 3.12. The summed E-state index contributed by atoms with van der Waals surface area (Å²) in [6.07, 6.45) is 0. The van der Waals surface area contributed by atoms with Crippen LogP contribution in [-0.4, -0.2) is 18.2 Å². The van der Waals surface area contributed by atoms with Crippen LogP contribution in [0.4, 0.5) is 4.39 Å². The molecular formula is C11H14FNO3. The predicted molar refractivity (Wildman–Crippen MR) is 57.0 cm³/mol. The number of rotatable bonds is 3. The minimum Gasteiger partial charge on any atom is -0.493 e. The summed E-state index contributed by atoms with van der Waals surface area (Å²) in [5, 5.41) is 8.82. The molecule has 0 amide bonds. The molecule has 0 saturated carbocycles. The lowest BCUT2D eigenvalue weighted by molar-refractivity contribution is -0.138. The number of aliphatic carboxylic acids is 1. The van der Waals surface area contributed by atoms with E-state index in [0.29, 0.717) is 16.7 Å². The fourth-order valence-corrected chi connectivity index (χ4v) is 1.58. The van der Waals surface area contributed by atoms with E-state index >= 15 is 0 Å². The summed E-state index contributed by atoms with van der Waals surface area (Å²) in [7, 11) is 1.33. The molecule has 0 radical (unpaired) electrons. The van der Waals surface area contributed by atoms with Crippen LogP contribution in [0.3, 0.4) is 0 Å². The molecule has 1 atom stereocenters. The van der Waals surface area contributed by atoms with E-state index in [0.717, 1.165) is 0 Å². The second-order valence-corrected chi connectivity index (χ2v) is 3.57. The van der Waals surface area contributed by atoms with Gasteiger partial charge in [-0.05, 0) is 30.5 Å². The van der Waals surface area contributed by atoms with Crippen LogP contribution in [0.15, 0.2) is 6.07 Å². The maximum Gasteiger partial charge on any atom is 0.325 e. The number of carbonyl (C=O) groups is 1. The van der Waals surface area contributed by atoms with Crippen LogP contribution in [0, 0.1) is 19.7 Å². The van der Waals surface area contributed by atoms with Crippen LogP contribution in [-0.2, 0) is 4.79 Å². The third-order valence-electron chi connectivity index (χ3n) is 2.50. The van der Waals surface area contributed by atoms with Crippen molar-refractivity contribution in [3.05, 3.63) is 28.6 Å². The number of halogens is 1. The monoisotopic (exact) mass is 227 g/mol. The molecule has 1 aromatic rings. The first-order valence-electron chi connectivity index (χ1n) is 4.72. The molecule has 0 aliphatic rings. The molecule has 3 N–H and O–H groups in total. The Hall–Kier alpha value is -1.62. The van der Waals surface area contributed by atoms with Gasteiger partial charge in [0.25, 0.3) is 0 Å². The Balaban J connectivity index is 3.42. The smallest absolute Gasteiger partial charge is 0.325 e. The number of benzene rings is 1. The van der Waals surface area contributed by atoms with Crippen LogP contribution < -0.4 is 10.5 Å². The van der Waals surface area contributed by atoms with Crippen LogP contribution in [0.25, 0.3) is 0 Å². The second kappa shape index (κ2) is 4.49.